The number of benzene rings is 2. The molecule has 1 aliphatic rings. The Kier molecular flexibility index (Phi) is 5.85. The van der Waals surface area contributed by atoms with Crippen LogP contribution in [0.15, 0.2) is 53.3 Å². The second-order valence-electron chi connectivity index (χ2n) is 6.77. The molecule has 30 heavy (non-hydrogen) atoms. The minimum atomic E-state index is -0.262. The number of fused-ring (bicyclic) bond motifs is 1. The molecule has 0 fully saturated rings. The first kappa shape index (κ1) is 19.8. The quantitative estimate of drug-likeness (QED) is 0.507. The first-order valence-electron chi connectivity index (χ1n) is 9.41. The van der Waals surface area contributed by atoms with Crippen LogP contribution in [-0.4, -0.2) is 29.3 Å². The van der Waals surface area contributed by atoms with Crippen molar-refractivity contribution in [3.05, 3.63) is 79.8 Å². The number of amides is 1. The molecular weight excluding hydrogens is 404 g/mol. The smallest absolute Gasteiger partial charge is 0.307 e. The number of rotatable bonds is 7. The summed E-state index contributed by atoms with van der Waals surface area (Å²) in [6, 6.07) is 13.4. The average Bonchev–Trinajstić information content (AvgIpc) is 3.33. The summed E-state index contributed by atoms with van der Waals surface area (Å²) in [5.41, 5.74) is 2.95. The van der Waals surface area contributed by atoms with Crippen LogP contribution >= 0.6 is 11.3 Å². The molecule has 1 aliphatic heterocycles. The molecule has 0 atom stereocenters. The Morgan fingerprint density at radius 1 is 1.13 bits per heavy atom. The summed E-state index contributed by atoms with van der Waals surface area (Å²) in [6.45, 7) is 0.740. The van der Waals surface area contributed by atoms with Gasteiger partial charge in [-0.15, -0.1) is 0 Å². The van der Waals surface area contributed by atoms with Gasteiger partial charge in [0.25, 0.3) is 0 Å². The van der Waals surface area contributed by atoms with Crippen LogP contribution in [0.2, 0.25) is 0 Å². The molecule has 0 radical (unpaired) electrons. The molecule has 8 heteroatoms. The van der Waals surface area contributed by atoms with E-state index in [1.165, 1.54) is 6.08 Å². The second-order valence-corrected chi connectivity index (χ2v) is 7.83. The summed E-state index contributed by atoms with van der Waals surface area (Å²) in [4.78, 5) is 26.0. The molecule has 0 unspecified atom stereocenters. The van der Waals surface area contributed by atoms with Gasteiger partial charge in [-0.2, -0.15) is 0 Å². The molecule has 3 aromatic rings. The number of hydrogen-bond acceptors (Lipinski definition) is 6. The summed E-state index contributed by atoms with van der Waals surface area (Å²) in [5, 5.41) is 12.5. The highest BCUT2D eigenvalue weighted by atomic mass is 32.1. The van der Waals surface area contributed by atoms with Gasteiger partial charge in [-0.1, -0.05) is 41.7 Å². The van der Waals surface area contributed by atoms with E-state index in [0.29, 0.717) is 35.8 Å². The van der Waals surface area contributed by atoms with Gasteiger partial charge >= 0.3 is 4.87 Å². The van der Waals surface area contributed by atoms with E-state index in [-0.39, 0.29) is 23.5 Å². The van der Waals surface area contributed by atoms with Gasteiger partial charge in [0.05, 0.1) is 4.88 Å². The zero-order valence-electron chi connectivity index (χ0n) is 16.0. The molecular formula is C22H20N2O5S. The number of aromatic nitrogens is 1. The third-order valence-corrected chi connectivity index (χ3v) is 5.50. The van der Waals surface area contributed by atoms with Gasteiger partial charge in [0.1, 0.15) is 0 Å². The lowest BCUT2D eigenvalue weighted by Gasteiger charge is -2.05. The molecule has 1 aromatic heterocycles. The van der Waals surface area contributed by atoms with E-state index in [9.17, 15) is 14.7 Å². The molecule has 0 bridgehead atoms. The Labute approximate surface area is 176 Å². The van der Waals surface area contributed by atoms with Crippen LogP contribution < -0.4 is 19.7 Å². The maximum Gasteiger partial charge on any atom is 0.307 e. The van der Waals surface area contributed by atoms with E-state index >= 15 is 0 Å². The first-order chi connectivity index (χ1) is 14.6. The lowest BCUT2D eigenvalue weighted by atomic mass is 10.1. The minimum Gasteiger partial charge on any atom is -0.494 e. The van der Waals surface area contributed by atoms with Crippen molar-refractivity contribution in [3.8, 4) is 17.4 Å². The zero-order chi connectivity index (χ0) is 20.9. The van der Waals surface area contributed by atoms with Crippen LogP contribution in [0.1, 0.15) is 21.6 Å². The maximum atomic E-state index is 12.0. The molecule has 0 saturated carbocycles. The van der Waals surface area contributed by atoms with Crippen LogP contribution in [0, 0.1) is 0 Å². The van der Waals surface area contributed by atoms with Crippen LogP contribution in [0.4, 0.5) is 0 Å². The summed E-state index contributed by atoms with van der Waals surface area (Å²) in [6.07, 6.45) is 4.43. The minimum absolute atomic E-state index is 0.0643. The van der Waals surface area contributed by atoms with E-state index in [0.717, 1.165) is 28.0 Å². The van der Waals surface area contributed by atoms with Gasteiger partial charge < -0.3 is 19.9 Å². The largest absolute Gasteiger partial charge is 0.494 e. The molecule has 1 amide bonds. The monoisotopic (exact) mass is 424 g/mol. The standard InChI is InChI=1S/C22H20N2O5S/c25-20(8-6-15-5-7-17-18(11-15)29-13-28-17)23-10-9-14-1-3-16(4-2-14)12-19-21(26)24-22(27)30-19/h1-8,11,26H,9-10,12-13H2,(H,23,25)(H,24,27). The topological polar surface area (TPSA) is 101 Å². The van der Waals surface area contributed by atoms with Crippen molar-refractivity contribution in [2.75, 3.05) is 13.3 Å². The first-order valence-corrected chi connectivity index (χ1v) is 10.2. The number of aromatic amines is 1. The maximum absolute atomic E-state index is 12.0. The number of aromatic hydroxyl groups is 1. The Balaban J connectivity index is 1.24. The van der Waals surface area contributed by atoms with Crippen molar-refractivity contribution in [2.45, 2.75) is 12.8 Å². The van der Waals surface area contributed by atoms with Crippen LogP contribution in [0.3, 0.4) is 0 Å². The molecule has 2 aromatic carbocycles. The number of nitrogens with one attached hydrogen (secondary N) is 2. The Morgan fingerprint density at radius 3 is 2.67 bits per heavy atom. The van der Waals surface area contributed by atoms with E-state index in [1.54, 1.807) is 6.08 Å². The molecule has 7 nitrogen and oxygen atoms in total. The van der Waals surface area contributed by atoms with Crippen molar-refractivity contribution >= 4 is 23.3 Å². The Hall–Kier alpha value is -3.52. The zero-order valence-corrected chi connectivity index (χ0v) is 16.8. The van der Waals surface area contributed by atoms with Gasteiger partial charge in [0.2, 0.25) is 18.6 Å². The molecule has 0 saturated heterocycles. The fourth-order valence-corrected chi connectivity index (χ4v) is 3.82. The molecule has 0 spiro atoms. The van der Waals surface area contributed by atoms with Gasteiger partial charge in [-0.3, -0.25) is 14.6 Å². The highest BCUT2D eigenvalue weighted by molar-refractivity contribution is 7.09. The lowest BCUT2D eigenvalue weighted by Crippen LogP contribution is -2.23. The summed E-state index contributed by atoms with van der Waals surface area (Å²) < 4.78 is 10.6. The van der Waals surface area contributed by atoms with Gasteiger partial charge in [-0.25, -0.2) is 0 Å². The van der Waals surface area contributed by atoms with Gasteiger partial charge in [0, 0.05) is 19.0 Å². The van der Waals surface area contributed by atoms with Crippen molar-refractivity contribution in [3.63, 3.8) is 0 Å². The van der Waals surface area contributed by atoms with Crippen LogP contribution in [0.25, 0.3) is 6.08 Å². The predicted molar refractivity (Wildman–Crippen MR) is 114 cm³/mol. The summed E-state index contributed by atoms with van der Waals surface area (Å²) in [5.74, 6) is 1.16. The van der Waals surface area contributed by atoms with E-state index in [1.807, 2.05) is 42.5 Å². The van der Waals surface area contributed by atoms with Crippen molar-refractivity contribution in [1.29, 1.82) is 0 Å². The molecule has 3 N–H and O–H groups in total. The van der Waals surface area contributed by atoms with Crippen LogP contribution in [0.5, 0.6) is 17.4 Å². The van der Waals surface area contributed by atoms with E-state index in [4.69, 9.17) is 9.47 Å². The third kappa shape index (κ3) is 4.90. The van der Waals surface area contributed by atoms with Crippen molar-refractivity contribution in [2.24, 2.45) is 0 Å². The number of carbonyl (C=O) groups excluding carboxylic acids is 1. The molecule has 4 rings (SSSR count). The van der Waals surface area contributed by atoms with Crippen LogP contribution in [-0.2, 0) is 17.6 Å². The highest BCUT2D eigenvalue weighted by Crippen LogP contribution is 2.32. The van der Waals surface area contributed by atoms with Gasteiger partial charge in [-0.05, 0) is 41.3 Å². The fraction of sp³-hybridized carbons (Fsp3) is 0.182. The molecule has 154 valence electrons. The number of H-pyrrole nitrogens is 1. The number of carbonyl (C=O) groups is 1. The average molecular weight is 424 g/mol. The Morgan fingerprint density at radius 2 is 1.90 bits per heavy atom. The molecule has 2 heterocycles. The lowest BCUT2D eigenvalue weighted by molar-refractivity contribution is -0.116. The molecule has 0 aliphatic carbocycles. The van der Waals surface area contributed by atoms with Crippen molar-refractivity contribution < 1.29 is 19.4 Å². The summed E-state index contributed by atoms with van der Waals surface area (Å²) in [7, 11) is 0. The Bertz CT molecular complexity index is 1130. The fourth-order valence-electron chi connectivity index (χ4n) is 3.06. The SMILES string of the molecule is O=C(C=Cc1ccc2c(c1)OCO2)NCCc1ccc(Cc2sc(=O)[nH]c2O)cc1. The summed E-state index contributed by atoms with van der Waals surface area (Å²) >= 11 is 1.01. The number of hydrogen-bond donors (Lipinski definition) is 3. The number of thiazole rings is 1. The predicted octanol–water partition coefficient (Wildman–Crippen LogP) is 2.83. The van der Waals surface area contributed by atoms with Crippen molar-refractivity contribution in [1.82, 2.24) is 10.3 Å². The van der Waals surface area contributed by atoms with E-state index in [2.05, 4.69) is 10.3 Å². The number of ether oxygens (including phenoxy) is 2. The van der Waals surface area contributed by atoms with Gasteiger partial charge in [0.15, 0.2) is 11.5 Å². The third-order valence-electron chi connectivity index (χ3n) is 4.62. The normalized spacial score (nSPS) is 12.4. The van der Waals surface area contributed by atoms with E-state index < -0.39 is 0 Å². The second kappa shape index (κ2) is 8.87. The highest BCUT2D eigenvalue weighted by Gasteiger charge is 2.12.